The minimum Gasteiger partial charge on any atom is -0.342 e. The average Bonchev–Trinajstić information content (AvgIpc) is 3.07. The summed E-state index contributed by atoms with van der Waals surface area (Å²) >= 11 is 0. The van der Waals surface area contributed by atoms with Crippen LogP contribution in [0.3, 0.4) is 0 Å². The minimum absolute atomic E-state index is 0.723. The molecule has 0 saturated carbocycles. The van der Waals surface area contributed by atoms with Gasteiger partial charge in [-0.2, -0.15) is 0 Å². The summed E-state index contributed by atoms with van der Waals surface area (Å²) in [4.78, 5) is 7.14. The molecule has 106 valence electrons. The lowest BCUT2D eigenvalue weighted by Gasteiger charge is -2.19. The van der Waals surface area contributed by atoms with E-state index in [0.717, 1.165) is 37.2 Å². The molecule has 1 aromatic heterocycles. The summed E-state index contributed by atoms with van der Waals surface area (Å²) in [6.45, 7) is 5.32. The van der Waals surface area contributed by atoms with Crippen molar-refractivity contribution in [2.75, 3.05) is 31.6 Å². The van der Waals surface area contributed by atoms with E-state index in [1.54, 1.807) is 0 Å². The molecule has 1 atom stereocenters. The summed E-state index contributed by atoms with van der Waals surface area (Å²) in [6.07, 6.45) is 3.36. The van der Waals surface area contributed by atoms with Crippen LogP contribution in [0.2, 0.25) is 0 Å². The van der Waals surface area contributed by atoms with Gasteiger partial charge in [0.1, 0.15) is 0 Å². The number of aromatic nitrogens is 2. The number of nitrogens with zero attached hydrogens (tertiary/aromatic N) is 3. The fraction of sp³-hybridized carbons (Fsp3) is 0.438. The number of benzene rings is 1. The molecule has 0 radical (unpaired) electrons. The Hall–Kier alpha value is -1.81. The summed E-state index contributed by atoms with van der Waals surface area (Å²) < 4.78 is 2.21. The van der Waals surface area contributed by atoms with Gasteiger partial charge in [-0.25, -0.2) is 4.98 Å². The maximum absolute atomic E-state index is 4.73. The van der Waals surface area contributed by atoms with Gasteiger partial charge in [0.25, 0.3) is 0 Å². The minimum atomic E-state index is 0.723. The Kier molecular flexibility index (Phi) is 3.74. The van der Waals surface area contributed by atoms with E-state index in [1.807, 2.05) is 13.1 Å². The number of rotatable bonds is 4. The van der Waals surface area contributed by atoms with Crippen LogP contribution in [-0.4, -0.2) is 36.2 Å². The first-order valence-electron chi connectivity index (χ1n) is 7.29. The highest BCUT2D eigenvalue weighted by Gasteiger charge is 2.25. The maximum atomic E-state index is 4.73. The third kappa shape index (κ3) is 2.56. The topological polar surface area (TPSA) is 33.1 Å². The predicted octanol–water partition coefficient (Wildman–Crippen LogP) is 2.23. The van der Waals surface area contributed by atoms with Gasteiger partial charge in [0, 0.05) is 25.0 Å². The van der Waals surface area contributed by atoms with E-state index < -0.39 is 0 Å². The fourth-order valence-electron chi connectivity index (χ4n) is 2.96. The van der Waals surface area contributed by atoms with Crippen molar-refractivity contribution in [3.8, 4) is 5.69 Å². The number of hydrogen-bond acceptors (Lipinski definition) is 3. The maximum Gasteiger partial charge on any atom is 0.210 e. The number of anilines is 1. The zero-order valence-electron chi connectivity index (χ0n) is 12.2. The van der Waals surface area contributed by atoms with Crippen LogP contribution in [0.4, 0.5) is 5.95 Å². The van der Waals surface area contributed by atoms with Crippen molar-refractivity contribution in [1.82, 2.24) is 14.9 Å². The fourth-order valence-corrected chi connectivity index (χ4v) is 2.96. The molecule has 4 heteroatoms. The van der Waals surface area contributed by atoms with Crippen LogP contribution in [0.5, 0.6) is 0 Å². The van der Waals surface area contributed by atoms with Gasteiger partial charge < -0.3 is 10.2 Å². The van der Waals surface area contributed by atoms with Crippen molar-refractivity contribution >= 4 is 5.95 Å². The van der Waals surface area contributed by atoms with Gasteiger partial charge in [-0.05, 0) is 45.0 Å². The van der Waals surface area contributed by atoms with E-state index in [9.17, 15) is 0 Å². The van der Waals surface area contributed by atoms with Gasteiger partial charge in [-0.1, -0.05) is 18.2 Å². The van der Waals surface area contributed by atoms with Crippen molar-refractivity contribution in [3.63, 3.8) is 0 Å². The Bertz CT molecular complexity index is 561. The number of aryl methyl sites for hydroxylation is 1. The number of hydrogen-bond donors (Lipinski definition) is 1. The van der Waals surface area contributed by atoms with Crippen LogP contribution in [0.25, 0.3) is 5.69 Å². The van der Waals surface area contributed by atoms with E-state index >= 15 is 0 Å². The third-order valence-corrected chi connectivity index (χ3v) is 3.90. The number of para-hydroxylation sites is 1. The second-order valence-electron chi connectivity index (χ2n) is 5.55. The molecule has 1 aromatic carbocycles. The molecule has 20 heavy (non-hydrogen) atoms. The van der Waals surface area contributed by atoms with Gasteiger partial charge >= 0.3 is 0 Å². The molecule has 3 rings (SSSR count). The van der Waals surface area contributed by atoms with Crippen LogP contribution < -0.4 is 10.2 Å². The normalized spacial score (nSPS) is 18.7. The van der Waals surface area contributed by atoms with Gasteiger partial charge in [0.2, 0.25) is 5.95 Å². The summed E-state index contributed by atoms with van der Waals surface area (Å²) in [5.74, 6) is 1.80. The lowest BCUT2D eigenvalue weighted by atomic mass is 10.1. The van der Waals surface area contributed by atoms with Crippen molar-refractivity contribution < 1.29 is 0 Å². The highest BCUT2D eigenvalue weighted by Crippen LogP contribution is 2.25. The monoisotopic (exact) mass is 270 g/mol. The van der Waals surface area contributed by atoms with Gasteiger partial charge in [0.15, 0.2) is 0 Å². The molecule has 1 N–H and O–H groups in total. The SMILES string of the molecule is CNCC1CCN(c2nc(C)cn2-c2ccccc2)C1. The molecule has 1 saturated heterocycles. The molecule has 0 bridgehead atoms. The van der Waals surface area contributed by atoms with Crippen molar-refractivity contribution in [3.05, 3.63) is 42.2 Å². The second-order valence-corrected chi connectivity index (χ2v) is 5.55. The smallest absolute Gasteiger partial charge is 0.210 e. The molecule has 4 nitrogen and oxygen atoms in total. The highest BCUT2D eigenvalue weighted by atomic mass is 15.3. The molecule has 1 unspecified atom stereocenters. The molecular weight excluding hydrogens is 248 g/mol. The van der Waals surface area contributed by atoms with Crippen LogP contribution in [0.1, 0.15) is 12.1 Å². The molecule has 1 aliphatic rings. The molecule has 1 aliphatic heterocycles. The first kappa shape index (κ1) is 13.2. The standard InChI is InChI=1S/C16H22N4/c1-13-11-20(15-6-4-3-5-7-15)16(18-13)19-9-8-14(12-19)10-17-2/h3-7,11,14,17H,8-10,12H2,1-2H3. The van der Waals surface area contributed by atoms with Gasteiger partial charge in [0.05, 0.1) is 5.69 Å². The summed E-state index contributed by atoms with van der Waals surface area (Å²) in [6, 6.07) is 10.5. The van der Waals surface area contributed by atoms with E-state index in [1.165, 1.54) is 12.1 Å². The van der Waals surface area contributed by atoms with Gasteiger partial charge in [-0.15, -0.1) is 0 Å². The molecule has 2 aromatic rings. The van der Waals surface area contributed by atoms with Crippen LogP contribution >= 0.6 is 0 Å². The Labute approximate surface area is 120 Å². The van der Waals surface area contributed by atoms with Crippen LogP contribution in [0.15, 0.2) is 36.5 Å². The Morgan fingerprint density at radius 1 is 1.30 bits per heavy atom. The van der Waals surface area contributed by atoms with E-state index in [0.29, 0.717) is 0 Å². The Morgan fingerprint density at radius 2 is 2.10 bits per heavy atom. The predicted molar refractivity (Wildman–Crippen MR) is 82.5 cm³/mol. The number of nitrogens with one attached hydrogen (secondary N) is 1. The summed E-state index contributed by atoms with van der Waals surface area (Å²) in [7, 11) is 2.03. The zero-order valence-corrected chi connectivity index (χ0v) is 12.2. The molecular formula is C16H22N4. The summed E-state index contributed by atoms with van der Waals surface area (Å²) in [5.41, 5.74) is 2.25. The molecule has 2 heterocycles. The molecule has 0 spiro atoms. The molecule has 0 amide bonds. The average molecular weight is 270 g/mol. The van der Waals surface area contributed by atoms with Gasteiger partial charge in [-0.3, -0.25) is 4.57 Å². The lowest BCUT2D eigenvalue weighted by Crippen LogP contribution is -2.26. The second kappa shape index (κ2) is 5.67. The number of imidazole rings is 1. The van der Waals surface area contributed by atoms with E-state index in [4.69, 9.17) is 4.98 Å². The molecule has 0 aliphatic carbocycles. The summed E-state index contributed by atoms with van der Waals surface area (Å²) in [5, 5.41) is 3.28. The van der Waals surface area contributed by atoms with E-state index in [-0.39, 0.29) is 0 Å². The Morgan fingerprint density at radius 3 is 2.85 bits per heavy atom. The van der Waals surface area contributed by atoms with E-state index in [2.05, 4.69) is 52.2 Å². The highest BCUT2D eigenvalue weighted by molar-refractivity contribution is 5.45. The van der Waals surface area contributed by atoms with Crippen LogP contribution in [-0.2, 0) is 0 Å². The molecule has 1 fully saturated rings. The first-order valence-corrected chi connectivity index (χ1v) is 7.29. The van der Waals surface area contributed by atoms with Crippen molar-refractivity contribution in [1.29, 1.82) is 0 Å². The van der Waals surface area contributed by atoms with Crippen molar-refractivity contribution in [2.45, 2.75) is 13.3 Å². The quantitative estimate of drug-likeness (QED) is 0.925. The Balaban J connectivity index is 1.88. The third-order valence-electron chi connectivity index (χ3n) is 3.90. The largest absolute Gasteiger partial charge is 0.342 e. The zero-order chi connectivity index (χ0) is 13.9. The van der Waals surface area contributed by atoms with Crippen molar-refractivity contribution in [2.24, 2.45) is 5.92 Å². The first-order chi connectivity index (χ1) is 9.78. The van der Waals surface area contributed by atoms with Crippen LogP contribution in [0, 0.1) is 12.8 Å². The lowest BCUT2D eigenvalue weighted by molar-refractivity contribution is 0.548.